The molecule has 0 amide bonds. The molecule has 9 heteroatoms. The summed E-state index contributed by atoms with van der Waals surface area (Å²) >= 11 is 0. The number of quaternary nitrogens is 1. The highest BCUT2D eigenvalue weighted by Gasteiger charge is 2.34. The van der Waals surface area contributed by atoms with Crippen molar-refractivity contribution in [3.8, 4) is 0 Å². The fourth-order valence-electron chi connectivity index (χ4n) is 5.45. The zero-order chi connectivity index (χ0) is 30.7. The van der Waals surface area contributed by atoms with E-state index in [-0.39, 0.29) is 13.2 Å². The average Bonchev–Trinajstić information content (AvgIpc) is 2.95. The van der Waals surface area contributed by atoms with Crippen molar-refractivity contribution in [2.45, 2.75) is 123 Å². The quantitative estimate of drug-likeness (QED) is 0.0436. The Kier molecular flexibility index (Phi) is 17.6. The molecule has 1 heterocycles. The highest BCUT2D eigenvalue weighted by molar-refractivity contribution is 7.47. The number of fused-ring (bicyclic) bond motifs is 1. The van der Waals surface area contributed by atoms with Crippen LogP contribution in [0, 0.1) is 0 Å². The number of rotatable bonds is 23. The number of phosphoric acid groups is 1. The summed E-state index contributed by atoms with van der Waals surface area (Å²) in [5.41, 5.74) is 3.24. The van der Waals surface area contributed by atoms with Crippen molar-refractivity contribution in [3.63, 3.8) is 0 Å². The second kappa shape index (κ2) is 20.3. The molecule has 1 N–H and O–H groups in total. The van der Waals surface area contributed by atoms with E-state index in [1.165, 1.54) is 95.8 Å². The number of carbonyl (C=O) groups excluding carboxylic acids is 1. The Labute approximate surface area is 255 Å². The molecule has 2 unspecified atom stereocenters. The number of benzene rings is 1. The van der Waals surface area contributed by atoms with Crippen LogP contribution in [0.1, 0.15) is 116 Å². The van der Waals surface area contributed by atoms with Crippen molar-refractivity contribution in [1.29, 1.82) is 0 Å². The first-order chi connectivity index (χ1) is 20.2. The molecule has 1 aromatic carbocycles. The van der Waals surface area contributed by atoms with Crippen LogP contribution >= 0.6 is 7.82 Å². The molecule has 1 aromatic rings. The van der Waals surface area contributed by atoms with Crippen molar-refractivity contribution in [3.05, 3.63) is 41.8 Å². The molecule has 0 bridgehead atoms. The summed E-state index contributed by atoms with van der Waals surface area (Å²) in [5.74, 6) is -0.501. The highest BCUT2D eigenvalue weighted by atomic mass is 31.2. The Morgan fingerprint density at radius 2 is 1.48 bits per heavy atom. The summed E-state index contributed by atoms with van der Waals surface area (Å²) in [4.78, 5) is 21.8. The molecule has 1 aliphatic rings. The smallest absolute Gasteiger partial charge is 0.458 e. The van der Waals surface area contributed by atoms with Gasteiger partial charge in [-0.05, 0) is 18.9 Å². The Morgan fingerprint density at radius 1 is 0.905 bits per heavy atom. The molecule has 0 fully saturated rings. The molecule has 42 heavy (non-hydrogen) atoms. The zero-order valence-corrected chi connectivity index (χ0v) is 27.6. The molecule has 0 saturated heterocycles. The van der Waals surface area contributed by atoms with Crippen LogP contribution in [0.4, 0.5) is 5.69 Å². The minimum absolute atomic E-state index is 0.0970. The molecular formula is C33H57NO7P+. The maximum atomic E-state index is 12.6. The summed E-state index contributed by atoms with van der Waals surface area (Å²) < 4.78 is 34.4. The first kappa shape index (κ1) is 36.5. The number of hydrogen-bond donors (Lipinski definition) is 1. The van der Waals surface area contributed by atoms with Crippen molar-refractivity contribution in [2.75, 3.05) is 33.9 Å². The van der Waals surface area contributed by atoms with Crippen LogP contribution < -0.4 is 4.48 Å². The number of ether oxygens (including phenoxy) is 2. The van der Waals surface area contributed by atoms with Gasteiger partial charge in [-0.15, -0.1) is 0 Å². The molecule has 0 aliphatic carbocycles. The van der Waals surface area contributed by atoms with Gasteiger partial charge in [-0.1, -0.05) is 109 Å². The highest BCUT2D eigenvalue weighted by Crippen LogP contribution is 2.45. The summed E-state index contributed by atoms with van der Waals surface area (Å²) in [6, 6.07) is 8.16. The first-order valence-corrected chi connectivity index (χ1v) is 17.7. The van der Waals surface area contributed by atoms with Gasteiger partial charge in [0.05, 0.1) is 27.3 Å². The standard InChI is InChI=1S/C33H56NO7P/c1-5-6-7-8-9-10-11-12-13-14-15-16-17-20-25-38-27-32(41-29(2)35)28-40-42(36,37)39-26-31-24-23-30-21-18-19-22-33(30)34(31,3)4/h18-19,21-22,26,32H,5-17,20,23-25,27-28H2,1-4H3/p+1. The number of hydrogen-bond acceptors (Lipinski definition) is 6. The Morgan fingerprint density at radius 3 is 2.07 bits per heavy atom. The third kappa shape index (κ3) is 14.7. The third-order valence-corrected chi connectivity index (χ3v) is 8.83. The molecule has 2 atom stereocenters. The summed E-state index contributed by atoms with van der Waals surface area (Å²) in [5, 5.41) is 0. The van der Waals surface area contributed by atoms with Crippen LogP contribution in [0.2, 0.25) is 0 Å². The first-order valence-electron chi connectivity index (χ1n) is 16.2. The third-order valence-electron chi connectivity index (χ3n) is 7.99. The minimum Gasteiger partial charge on any atom is -0.458 e. The molecule has 1 aliphatic heterocycles. The number of phosphoric ester groups is 1. The SMILES string of the molecule is CCCCCCCCCCCCCCCCOCC(COP(=O)(O)OC=C1CCc2ccccc2[N+]1(C)C)OC(C)=O. The summed E-state index contributed by atoms with van der Waals surface area (Å²) in [6.45, 7) is 3.90. The predicted molar refractivity (Wildman–Crippen MR) is 170 cm³/mol. The Balaban J connectivity index is 1.60. The van der Waals surface area contributed by atoms with Crippen molar-refractivity contribution in [1.82, 2.24) is 4.48 Å². The summed E-state index contributed by atoms with van der Waals surface area (Å²) in [6.07, 6.45) is 20.2. The molecule has 240 valence electrons. The van der Waals surface area contributed by atoms with E-state index < -0.39 is 19.9 Å². The fraction of sp³-hybridized carbons (Fsp3) is 0.727. The number of allylic oxidation sites excluding steroid dienone is 1. The number of esters is 1. The molecule has 0 radical (unpaired) electrons. The van der Waals surface area contributed by atoms with E-state index in [1.807, 2.05) is 26.2 Å². The zero-order valence-electron chi connectivity index (χ0n) is 26.7. The normalized spacial score (nSPS) is 17.4. The van der Waals surface area contributed by atoms with Gasteiger partial charge in [-0.3, -0.25) is 18.7 Å². The monoisotopic (exact) mass is 610 g/mol. The van der Waals surface area contributed by atoms with Crippen LogP contribution in [-0.4, -0.2) is 50.9 Å². The second-order valence-electron chi connectivity index (χ2n) is 12.0. The maximum Gasteiger partial charge on any atom is 0.527 e. The van der Waals surface area contributed by atoms with Gasteiger partial charge in [0, 0.05) is 25.5 Å². The van der Waals surface area contributed by atoms with Crippen LogP contribution in [0.25, 0.3) is 0 Å². The average molecular weight is 611 g/mol. The largest absolute Gasteiger partial charge is 0.527 e. The van der Waals surface area contributed by atoms with Crippen LogP contribution in [0.15, 0.2) is 36.2 Å². The van der Waals surface area contributed by atoms with Gasteiger partial charge < -0.3 is 14.0 Å². The summed E-state index contributed by atoms with van der Waals surface area (Å²) in [7, 11) is -0.374. The topological polar surface area (TPSA) is 91.3 Å². The van der Waals surface area contributed by atoms with Gasteiger partial charge in [0.1, 0.15) is 17.5 Å². The van der Waals surface area contributed by atoms with Gasteiger partial charge in [0.2, 0.25) is 0 Å². The molecule has 0 aromatic heterocycles. The number of aryl methyl sites for hydroxylation is 1. The Bertz CT molecular complexity index is 981. The molecule has 2 rings (SSSR count). The van der Waals surface area contributed by atoms with Gasteiger partial charge in [-0.2, -0.15) is 0 Å². The van der Waals surface area contributed by atoms with Gasteiger partial charge in [-0.25, -0.2) is 4.57 Å². The molecule has 0 saturated carbocycles. The van der Waals surface area contributed by atoms with Crippen molar-refractivity contribution in [2.24, 2.45) is 0 Å². The number of nitrogens with zero attached hydrogens (tertiary/aromatic N) is 1. The number of carbonyl (C=O) groups is 1. The minimum atomic E-state index is -4.41. The van der Waals surface area contributed by atoms with Crippen LogP contribution in [-0.2, 0) is 34.3 Å². The van der Waals surface area contributed by atoms with E-state index in [0.717, 1.165) is 30.6 Å². The van der Waals surface area contributed by atoms with Crippen molar-refractivity contribution < 1.29 is 32.8 Å². The lowest BCUT2D eigenvalue weighted by Gasteiger charge is -2.36. The van der Waals surface area contributed by atoms with Crippen LogP contribution in [0.5, 0.6) is 0 Å². The Hall–Kier alpha value is -1.70. The van der Waals surface area contributed by atoms with E-state index in [4.69, 9.17) is 18.5 Å². The predicted octanol–water partition coefficient (Wildman–Crippen LogP) is 8.60. The lowest BCUT2D eigenvalue weighted by Crippen LogP contribution is -2.42. The van der Waals surface area contributed by atoms with E-state index in [2.05, 4.69) is 19.1 Å². The van der Waals surface area contributed by atoms with E-state index in [0.29, 0.717) is 17.5 Å². The van der Waals surface area contributed by atoms with Gasteiger partial charge in [0.15, 0.2) is 6.26 Å². The van der Waals surface area contributed by atoms with E-state index in [9.17, 15) is 14.3 Å². The molecule has 8 nitrogen and oxygen atoms in total. The van der Waals surface area contributed by atoms with Crippen molar-refractivity contribution >= 4 is 19.5 Å². The second-order valence-corrected chi connectivity index (χ2v) is 13.4. The fourth-order valence-corrected chi connectivity index (χ4v) is 6.13. The lowest BCUT2D eigenvalue weighted by molar-refractivity contribution is -0.151. The van der Waals surface area contributed by atoms with E-state index >= 15 is 0 Å². The van der Waals surface area contributed by atoms with Gasteiger partial charge >= 0.3 is 13.8 Å². The van der Waals surface area contributed by atoms with Gasteiger partial charge in [0.25, 0.3) is 0 Å². The van der Waals surface area contributed by atoms with E-state index in [1.54, 1.807) is 0 Å². The number of para-hydroxylation sites is 1. The lowest BCUT2D eigenvalue weighted by atomic mass is 9.98. The molecular weight excluding hydrogens is 553 g/mol. The number of unbranched alkanes of at least 4 members (excludes halogenated alkanes) is 13. The maximum absolute atomic E-state index is 12.6. The molecule has 0 spiro atoms. The van der Waals surface area contributed by atoms with Crippen LogP contribution in [0.3, 0.4) is 0 Å².